The Balaban J connectivity index is 2.36. The van der Waals surface area contributed by atoms with Crippen LogP contribution in [-0.2, 0) is 16.0 Å². The number of carboxylic acid groups (broad SMARTS) is 1. The van der Waals surface area contributed by atoms with Crippen molar-refractivity contribution >= 4 is 23.2 Å². The summed E-state index contributed by atoms with van der Waals surface area (Å²) in [7, 11) is 0. The normalized spacial score (nSPS) is 11.8. The third-order valence-corrected chi connectivity index (χ3v) is 3.02. The van der Waals surface area contributed by atoms with Gasteiger partial charge in [0.05, 0.1) is 11.2 Å². The fourth-order valence-electron chi connectivity index (χ4n) is 1.41. The van der Waals surface area contributed by atoms with Gasteiger partial charge in [-0.1, -0.05) is 6.08 Å². The number of nitrogens with one attached hydrogen (secondary N) is 1. The highest BCUT2D eigenvalue weighted by Gasteiger charge is 2.18. The summed E-state index contributed by atoms with van der Waals surface area (Å²) in [6, 6.07) is -0.842. The molecule has 0 aliphatic heterocycles. The fraction of sp³-hybridized carbons (Fsp3) is 0.417. The highest BCUT2D eigenvalue weighted by atomic mass is 32.1. The molecule has 98 valence electrons. The molecule has 1 heterocycles. The van der Waals surface area contributed by atoms with Crippen LogP contribution in [-0.4, -0.2) is 28.0 Å². The lowest BCUT2D eigenvalue weighted by molar-refractivity contribution is -0.142. The van der Waals surface area contributed by atoms with Gasteiger partial charge < -0.3 is 10.4 Å². The molecule has 5 nitrogen and oxygen atoms in total. The maximum atomic E-state index is 11.6. The predicted octanol–water partition coefficient (Wildman–Crippen LogP) is 1.61. The number of carbonyl (C=O) groups is 2. The molecule has 0 fully saturated rings. The second-order valence-corrected chi connectivity index (χ2v) is 4.52. The first-order valence-electron chi connectivity index (χ1n) is 5.63. The molecule has 0 spiro atoms. The standard InChI is InChI=1S/C12H16N2O3S/c1-2-3-4-10(12(16)17)14-11(15)6-5-9-7-18-8-13-9/h2,7-8,10H,1,3-6H2,(H,14,15)(H,16,17). The van der Waals surface area contributed by atoms with E-state index in [-0.39, 0.29) is 12.3 Å². The first-order chi connectivity index (χ1) is 8.63. The number of hydrogen-bond acceptors (Lipinski definition) is 4. The quantitative estimate of drug-likeness (QED) is 0.702. The molecule has 0 aliphatic rings. The first-order valence-corrected chi connectivity index (χ1v) is 6.58. The Hall–Kier alpha value is -1.69. The molecule has 6 heteroatoms. The fourth-order valence-corrected chi connectivity index (χ4v) is 2.00. The molecular weight excluding hydrogens is 252 g/mol. The van der Waals surface area contributed by atoms with Crippen molar-refractivity contribution in [3.63, 3.8) is 0 Å². The van der Waals surface area contributed by atoms with E-state index in [9.17, 15) is 9.59 Å². The van der Waals surface area contributed by atoms with Gasteiger partial charge in [-0.2, -0.15) is 0 Å². The number of amides is 1. The summed E-state index contributed by atoms with van der Waals surface area (Å²) in [4.78, 5) is 26.6. The summed E-state index contributed by atoms with van der Waals surface area (Å²) in [5, 5.41) is 13.3. The van der Waals surface area contributed by atoms with E-state index in [4.69, 9.17) is 5.11 Å². The van der Waals surface area contributed by atoms with Crippen molar-refractivity contribution in [1.29, 1.82) is 0 Å². The summed E-state index contributed by atoms with van der Waals surface area (Å²) in [5.74, 6) is -1.28. The van der Waals surface area contributed by atoms with E-state index in [1.807, 2.05) is 5.38 Å². The molecule has 0 aromatic carbocycles. The number of aliphatic carboxylic acids is 1. The number of carboxylic acids is 1. The van der Waals surface area contributed by atoms with Crippen LogP contribution < -0.4 is 5.32 Å². The van der Waals surface area contributed by atoms with E-state index in [1.165, 1.54) is 11.3 Å². The lowest BCUT2D eigenvalue weighted by Crippen LogP contribution is -2.40. The minimum atomic E-state index is -1.01. The molecule has 0 saturated heterocycles. The second-order valence-electron chi connectivity index (χ2n) is 3.80. The van der Waals surface area contributed by atoms with Gasteiger partial charge in [0.15, 0.2) is 0 Å². The molecule has 1 unspecified atom stereocenters. The maximum absolute atomic E-state index is 11.6. The van der Waals surface area contributed by atoms with Crippen LogP contribution in [0.25, 0.3) is 0 Å². The minimum Gasteiger partial charge on any atom is -0.480 e. The lowest BCUT2D eigenvalue weighted by Gasteiger charge is -2.13. The van der Waals surface area contributed by atoms with E-state index < -0.39 is 12.0 Å². The molecule has 0 bridgehead atoms. The average molecular weight is 268 g/mol. The van der Waals surface area contributed by atoms with Crippen molar-refractivity contribution in [2.75, 3.05) is 0 Å². The maximum Gasteiger partial charge on any atom is 0.326 e. The number of thiazole rings is 1. The Bertz CT molecular complexity index is 403. The van der Waals surface area contributed by atoms with Crippen LogP contribution in [0, 0.1) is 0 Å². The van der Waals surface area contributed by atoms with E-state index in [0.717, 1.165) is 5.69 Å². The number of allylic oxidation sites excluding steroid dienone is 1. The first kappa shape index (κ1) is 14.4. The average Bonchev–Trinajstić information content (AvgIpc) is 2.84. The van der Waals surface area contributed by atoms with Crippen molar-refractivity contribution in [1.82, 2.24) is 10.3 Å². The van der Waals surface area contributed by atoms with Crippen molar-refractivity contribution in [3.05, 3.63) is 29.2 Å². The Labute approximate surface area is 110 Å². The van der Waals surface area contributed by atoms with Crippen LogP contribution in [0.4, 0.5) is 0 Å². The summed E-state index contributed by atoms with van der Waals surface area (Å²) in [5.41, 5.74) is 2.56. The molecular formula is C12H16N2O3S. The van der Waals surface area contributed by atoms with E-state index in [2.05, 4.69) is 16.9 Å². The zero-order chi connectivity index (χ0) is 13.4. The lowest BCUT2D eigenvalue weighted by atomic mass is 10.1. The number of aryl methyl sites for hydroxylation is 1. The van der Waals surface area contributed by atoms with Gasteiger partial charge in [0.25, 0.3) is 0 Å². The molecule has 1 aromatic rings. The summed E-state index contributed by atoms with van der Waals surface area (Å²) in [6.07, 6.45) is 3.34. The molecule has 0 saturated carbocycles. The van der Waals surface area contributed by atoms with Gasteiger partial charge in [-0.3, -0.25) is 4.79 Å². The van der Waals surface area contributed by atoms with Crippen LogP contribution in [0.1, 0.15) is 25.0 Å². The number of hydrogen-bond donors (Lipinski definition) is 2. The molecule has 1 amide bonds. The van der Waals surface area contributed by atoms with Gasteiger partial charge >= 0.3 is 5.97 Å². The van der Waals surface area contributed by atoms with E-state index in [1.54, 1.807) is 11.6 Å². The van der Waals surface area contributed by atoms with Gasteiger partial charge in [0.2, 0.25) is 5.91 Å². The highest BCUT2D eigenvalue weighted by Crippen LogP contribution is 2.05. The molecule has 0 aliphatic carbocycles. The largest absolute Gasteiger partial charge is 0.480 e. The topological polar surface area (TPSA) is 79.3 Å². The minimum absolute atomic E-state index is 0.252. The Morgan fingerprint density at radius 2 is 2.39 bits per heavy atom. The SMILES string of the molecule is C=CCCC(NC(=O)CCc1cscn1)C(=O)O. The number of nitrogens with zero attached hydrogens (tertiary/aromatic N) is 1. The summed E-state index contributed by atoms with van der Waals surface area (Å²) in [6.45, 7) is 3.53. The summed E-state index contributed by atoms with van der Waals surface area (Å²) < 4.78 is 0. The van der Waals surface area contributed by atoms with Gasteiger partial charge in [0, 0.05) is 11.8 Å². The molecule has 1 aromatic heterocycles. The van der Waals surface area contributed by atoms with Crippen molar-refractivity contribution < 1.29 is 14.7 Å². The zero-order valence-electron chi connectivity index (χ0n) is 9.96. The molecule has 2 N–H and O–H groups in total. The predicted molar refractivity (Wildman–Crippen MR) is 69.4 cm³/mol. The Morgan fingerprint density at radius 1 is 1.61 bits per heavy atom. The molecule has 0 radical (unpaired) electrons. The molecule has 1 rings (SSSR count). The smallest absolute Gasteiger partial charge is 0.326 e. The Kier molecular flexibility index (Phi) is 6.07. The van der Waals surface area contributed by atoms with Gasteiger partial charge in [0.1, 0.15) is 6.04 Å². The number of carbonyl (C=O) groups excluding carboxylic acids is 1. The number of aromatic nitrogens is 1. The number of rotatable bonds is 8. The third kappa shape index (κ3) is 5.09. The summed E-state index contributed by atoms with van der Waals surface area (Å²) >= 11 is 1.47. The van der Waals surface area contributed by atoms with Crippen LogP contribution in [0.3, 0.4) is 0 Å². The molecule has 1 atom stereocenters. The van der Waals surface area contributed by atoms with Crippen LogP contribution in [0.15, 0.2) is 23.5 Å². The Morgan fingerprint density at radius 3 is 2.94 bits per heavy atom. The van der Waals surface area contributed by atoms with E-state index >= 15 is 0 Å². The van der Waals surface area contributed by atoms with Crippen LogP contribution >= 0.6 is 11.3 Å². The molecule has 18 heavy (non-hydrogen) atoms. The van der Waals surface area contributed by atoms with Crippen LogP contribution in [0.2, 0.25) is 0 Å². The van der Waals surface area contributed by atoms with Crippen molar-refractivity contribution in [2.45, 2.75) is 31.7 Å². The van der Waals surface area contributed by atoms with Gasteiger partial charge in [-0.05, 0) is 19.3 Å². The van der Waals surface area contributed by atoms with E-state index in [0.29, 0.717) is 19.3 Å². The van der Waals surface area contributed by atoms with Crippen molar-refractivity contribution in [2.24, 2.45) is 0 Å². The van der Waals surface area contributed by atoms with Gasteiger partial charge in [-0.25, -0.2) is 9.78 Å². The zero-order valence-corrected chi connectivity index (χ0v) is 10.8. The van der Waals surface area contributed by atoms with Gasteiger partial charge in [-0.15, -0.1) is 17.9 Å². The van der Waals surface area contributed by atoms with Crippen LogP contribution in [0.5, 0.6) is 0 Å². The second kappa shape index (κ2) is 7.60. The monoisotopic (exact) mass is 268 g/mol. The third-order valence-electron chi connectivity index (χ3n) is 2.38. The van der Waals surface area contributed by atoms with Crippen molar-refractivity contribution in [3.8, 4) is 0 Å². The highest BCUT2D eigenvalue weighted by molar-refractivity contribution is 7.07.